The van der Waals surface area contributed by atoms with Crippen molar-refractivity contribution in [2.45, 2.75) is 19.4 Å². The Morgan fingerprint density at radius 1 is 1.77 bits per heavy atom. The molecule has 0 bridgehead atoms. The summed E-state index contributed by atoms with van der Waals surface area (Å²) in [5.41, 5.74) is 0. The van der Waals surface area contributed by atoms with E-state index in [0.717, 1.165) is 0 Å². The summed E-state index contributed by atoms with van der Waals surface area (Å²) in [5.74, 6) is 0.0619. The number of carbonyl (C=O) groups is 2. The average molecular weight is 186 g/mol. The van der Waals surface area contributed by atoms with Crippen LogP contribution in [0.3, 0.4) is 0 Å². The predicted molar refractivity (Wildman–Crippen MR) is 46.4 cm³/mol. The molecule has 1 fully saturated rings. The number of ether oxygens (including phenoxy) is 1. The van der Waals surface area contributed by atoms with E-state index in [2.05, 4.69) is 15.4 Å². The van der Waals surface area contributed by atoms with Gasteiger partial charge in [-0.25, -0.2) is 4.79 Å². The molecule has 5 heteroatoms. The maximum absolute atomic E-state index is 11.2. The third-order valence-electron chi connectivity index (χ3n) is 1.85. The summed E-state index contributed by atoms with van der Waals surface area (Å²) in [4.78, 5) is 22.2. The fourth-order valence-corrected chi connectivity index (χ4v) is 1.19. The molecule has 0 radical (unpaired) electrons. The van der Waals surface area contributed by atoms with E-state index in [9.17, 15) is 9.59 Å². The van der Waals surface area contributed by atoms with Gasteiger partial charge in [0.15, 0.2) is 5.78 Å². The first-order chi connectivity index (χ1) is 6.24. The number of carbonyl (C=O) groups excluding carboxylic acids is 2. The van der Waals surface area contributed by atoms with E-state index in [1.54, 1.807) is 6.92 Å². The summed E-state index contributed by atoms with van der Waals surface area (Å²) >= 11 is 0. The highest BCUT2D eigenvalue weighted by Crippen LogP contribution is 1.97. The van der Waals surface area contributed by atoms with Crippen molar-refractivity contribution in [1.29, 1.82) is 0 Å². The highest BCUT2D eigenvalue weighted by molar-refractivity contribution is 5.88. The largest absolute Gasteiger partial charge is 0.450 e. The predicted octanol–water partition coefficient (Wildman–Crippen LogP) is -0.337. The summed E-state index contributed by atoms with van der Waals surface area (Å²) in [7, 11) is 0. The third-order valence-corrected chi connectivity index (χ3v) is 1.85. The average Bonchev–Trinajstić information content (AvgIpc) is 2.09. The Morgan fingerprint density at radius 2 is 2.54 bits per heavy atom. The van der Waals surface area contributed by atoms with E-state index in [1.165, 1.54) is 0 Å². The number of Topliss-reactive ketones (excluding diaryl/α,β-unsaturated/α-hetero) is 1. The van der Waals surface area contributed by atoms with Crippen LogP contribution in [0.25, 0.3) is 0 Å². The first-order valence-electron chi connectivity index (χ1n) is 4.40. The maximum atomic E-state index is 11.2. The molecule has 0 aromatic carbocycles. The molecule has 1 aliphatic heterocycles. The monoisotopic (exact) mass is 186 g/mol. The number of hydrogen-bond acceptors (Lipinski definition) is 4. The summed E-state index contributed by atoms with van der Waals surface area (Å²) in [6.45, 7) is 3.23. The topological polar surface area (TPSA) is 67.4 Å². The Hall–Kier alpha value is -1.10. The van der Waals surface area contributed by atoms with Crippen molar-refractivity contribution in [1.82, 2.24) is 10.6 Å². The summed E-state index contributed by atoms with van der Waals surface area (Å²) in [5, 5.41) is 5.52. The van der Waals surface area contributed by atoms with Crippen molar-refractivity contribution >= 4 is 11.9 Å². The highest BCUT2D eigenvalue weighted by Gasteiger charge is 2.23. The van der Waals surface area contributed by atoms with E-state index in [-0.39, 0.29) is 5.78 Å². The first-order valence-corrected chi connectivity index (χ1v) is 4.40. The lowest BCUT2D eigenvalue weighted by atomic mass is 10.1. The number of amides is 1. The third kappa shape index (κ3) is 3.02. The fraction of sp³-hybridized carbons (Fsp3) is 0.750. The molecule has 0 spiro atoms. The lowest BCUT2D eigenvalue weighted by molar-refractivity contribution is -0.121. The Balaban J connectivity index is 2.33. The van der Waals surface area contributed by atoms with Gasteiger partial charge in [-0.05, 0) is 6.92 Å². The van der Waals surface area contributed by atoms with Crippen LogP contribution in [-0.2, 0) is 9.53 Å². The molecular weight excluding hydrogens is 172 g/mol. The summed E-state index contributed by atoms with van der Waals surface area (Å²) in [6, 6.07) is -0.423. The van der Waals surface area contributed by atoms with Gasteiger partial charge < -0.3 is 15.4 Å². The molecule has 0 saturated carbocycles. The Kier molecular flexibility index (Phi) is 3.70. The van der Waals surface area contributed by atoms with Crippen molar-refractivity contribution in [3.8, 4) is 0 Å². The number of nitrogens with one attached hydrogen (secondary N) is 2. The zero-order valence-corrected chi connectivity index (χ0v) is 7.63. The van der Waals surface area contributed by atoms with Gasteiger partial charge in [0.25, 0.3) is 0 Å². The molecule has 0 aromatic heterocycles. The quantitative estimate of drug-likeness (QED) is 0.619. The molecule has 1 saturated heterocycles. The van der Waals surface area contributed by atoms with Crippen LogP contribution in [0.1, 0.15) is 13.3 Å². The van der Waals surface area contributed by atoms with E-state index >= 15 is 0 Å². The van der Waals surface area contributed by atoms with Crippen LogP contribution in [0.5, 0.6) is 0 Å². The molecule has 1 rings (SSSR count). The second-order valence-electron chi connectivity index (χ2n) is 2.84. The molecule has 5 nitrogen and oxygen atoms in total. The number of piperidine rings is 1. The normalized spacial score (nSPS) is 22.5. The van der Waals surface area contributed by atoms with E-state index in [4.69, 9.17) is 0 Å². The van der Waals surface area contributed by atoms with Crippen LogP contribution in [0.4, 0.5) is 4.79 Å². The zero-order valence-electron chi connectivity index (χ0n) is 7.63. The lowest BCUT2D eigenvalue weighted by Crippen LogP contribution is -2.51. The second-order valence-corrected chi connectivity index (χ2v) is 2.84. The van der Waals surface area contributed by atoms with Gasteiger partial charge in [-0.2, -0.15) is 0 Å². The molecule has 1 heterocycles. The van der Waals surface area contributed by atoms with Crippen molar-refractivity contribution < 1.29 is 14.3 Å². The van der Waals surface area contributed by atoms with Gasteiger partial charge in [0, 0.05) is 19.5 Å². The SMILES string of the molecule is CCOC(=O)NC1CNCCC1=O. The van der Waals surface area contributed by atoms with Crippen molar-refractivity contribution in [2.24, 2.45) is 0 Å². The van der Waals surface area contributed by atoms with Crippen LogP contribution in [0, 0.1) is 0 Å². The molecule has 74 valence electrons. The summed E-state index contributed by atoms with van der Waals surface area (Å²) < 4.78 is 4.66. The smallest absolute Gasteiger partial charge is 0.407 e. The molecule has 1 amide bonds. The molecule has 0 aliphatic carbocycles. The van der Waals surface area contributed by atoms with Gasteiger partial charge in [-0.3, -0.25) is 4.79 Å². The molecule has 1 aliphatic rings. The van der Waals surface area contributed by atoms with Crippen LogP contribution < -0.4 is 10.6 Å². The molecule has 1 atom stereocenters. The van der Waals surface area contributed by atoms with Gasteiger partial charge in [0.1, 0.15) is 6.04 Å². The van der Waals surface area contributed by atoms with Crippen molar-refractivity contribution in [3.05, 3.63) is 0 Å². The molecule has 2 N–H and O–H groups in total. The first kappa shape index (κ1) is 9.98. The Bertz CT molecular complexity index is 206. The minimum Gasteiger partial charge on any atom is -0.450 e. The van der Waals surface area contributed by atoms with Gasteiger partial charge in [0.2, 0.25) is 0 Å². The Morgan fingerprint density at radius 3 is 3.15 bits per heavy atom. The molecule has 1 unspecified atom stereocenters. The number of ketones is 1. The number of rotatable bonds is 2. The zero-order chi connectivity index (χ0) is 9.68. The van der Waals surface area contributed by atoms with Crippen LogP contribution in [-0.4, -0.2) is 37.6 Å². The lowest BCUT2D eigenvalue weighted by Gasteiger charge is -2.21. The maximum Gasteiger partial charge on any atom is 0.407 e. The minimum atomic E-state index is -0.524. The van der Waals surface area contributed by atoms with E-state index in [1.807, 2.05) is 0 Å². The number of hydrogen-bond donors (Lipinski definition) is 2. The van der Waals surface area contributed by atoms with E-state index < -0.39 is 12.1 Å². The van der Waals surface area contributed by atoms with E-state index in [0.29, 0.717) is 26.1 Å². The van der Waals surface area contributed by atoms with Gasteiger partial charge >= 0.3 is 6.09 Å². The molecule has 13 heavy (non-hydrogen) atoms. The van der Waals surface area contributed by atoms with Crippen molar-refractivity contribution in [3.63, 3.8) is 0 Å². The van der Waals surface area contributed by atoms with Gasteiger partial charge in [0.05, 0.1) is 6.61 Å². The molecule has 0 aromatic rings. The van der Waals surface area contributed by atoms with Gasteiger partial charge in [-0.1, -0.05) is 0 Å². The highest BCUT2D eigenvalue weighted by atomic mass is 16.5. The fourth-order valence-electron chi connectivity index (χ4n) is 1.19. The van der Waals surface area contributed by atoms with Crippen LogP contribution in [0.2, 0.25) is 0 Å². The minimum absolute atomic E-state index is 0.0619. The number of alkyl carbamates (subject to hydrolysis) is 1. The standard InChI is InChI=1S/C8H14N2O3/c1-2-13-8(12)10-6-5-9-4-3-7(6)11/h6,9H,2-5H2,1H3,(H,10,12). The Labute approximate surface area is 76.8 Å². The second kappa shape index (κ2) is 4.81. The van der Waals surface area contributed by atoms with Crippen LogP contribution >= 0.6 is 0 Å². The summed E-state index contributed by atoms with van der Waals surface area (Å²) in [6.07, 6.45) is -0.0542. The van der Waals surface area contributed by atoms with Crippen LogP contribution in [0.15, 0.2) is 0 Å². The molecular formula is C8H14N2O3. The van der Waals surface area contributed by atoms with Gasteiger partial charge in [-0.15, -0.1) is 0 Å². The van der Waals surface area contributed by atoms with Crippen molar-refractivity contribution in [2.75, 3.05) is 19.7 Å².